The lowest BCUT2D eigenvalue weighted by Crippen LogP contribution is -2.42. The van der Waals surface area contributed by atoms with Crippen molar-refractivity contribution in [1.29, 1.82) is 0 Å². The molecule has 1 aromatic rings. The highest BCUT2D eigenvalue weighted by Gasteiger charge is 2.45. The van der Waals surface area contributed by atoms with Gasteiger partial charge in [-0.3, -0.25) is 4.79 Å². The summed E-state index contributed by atoms with van der Waals surface area (Å²) in [6.45, 7) is 5.57. The van der Waals surface area contributed by atoms with Crippen molar-refractivity contribution in [2.45, 2.75) is 38.8 Å². The normalized spacial score (nSPS) is 29.3. The van der Waals surface area contributed by atoms with Gasteiger partial charge >= 0.3 is 5.97 Å². The Hall–Kier alpha value is -1.96. The van der Waals surface area contributed by atoms with Crippen molar-refractivity contribution >= 4 is 11.9 Å². The van der Waals surface area contributed by atoms with E-state index in [0.717, 1.165) is 0 Å². The Balaban J connectivity index is 1.57. The number of rotatable bonds is 4. The van der Waals surface area contributed by atoms with E-state index in [1.165, 1.54) is 6.20 Å². The zero-order valence-corrected chi connectivity index (χ0v) is 13.6. The van der Waals surface area contributed by atoms with E-state index in [0.29, 0.717) is 25.9 Å². The lowest BCUT2D eigenvalue weighted by Gasteiger charge is -2.36. The summed E-state index contributed by atoms with van der Waals surface area (Å²) < 4.78 is 7.04. The number of carboxylic acids is 1. The van der Waals surface area contributed by atoms with Crippen LogP contribution in [0.4, 0.5) is 0 Å². The molecule has 1 N–H and O–H groups in total. The molecule has 23 heavy (non-hydrogen) atoms. The first-order chi connectivity index (χ1) is 10.8. The molecular formula is C15H22N4O4. The zero-order chi connectivity index (χ0) is 16.8. The Labute approximate surface area is 134 Å². The number of amides is 1. The molecule has 0 aromatic carbocycles. The molecule has 1 saturated carbocycles. The van der Waals surface area contributed by atoms with Crippen molar-refractivity contribution < 1.29 is 19.4 Å². The predicted molar refractivity (Wildman–Crippen MR) is 79.9 cm³/mol. The Kier molecular flexibility index (Phi) is 3.87. The predicted octanol–water partition coefficient (Wildman–Crippen LogP) is 0.811. The fraction of sp³-hybridized carbons (Fsp3) is 0.733. The molecule has 0 radical (unpaired) electrons. The maximum Gasteiger partial charge on any atom is 0.358 e. The van der Waals surface area contributed by atoms with Gasteiger partial charge < -0.3 is 14.7 Å². The van der Waals surface area contributed by atoms with E-state index in [1.807, 2.05) is 4.90 Å². The number of likely N-dealkylation sites (tertiary alicyclic amines) is 1. The van der Waals surface area contributed by atoms with Crippen LogP contribution in [-0.4, -0.2) is 63.2 Å². The van der Waals surface area contributed by atoms with Crippen LogP contribution in [0.5, 0.6) is 0 Å². The highest BCUT2D eigenvalue weighted by atomic mass is 16.5. The summed E-state index contributed by atoms with van der Waals surface area (Å²) in [6, 6.07) is 0.0541. The number of carbonyl (C=O) groups excluding carboxylic acids is 1. The first kappa shape index (κ1) is 15.9. The molecule has 8 heteroatoms. The lowest BCUT2D eigenvalue weighted by molar-refractivity contribution is -0.139. The van der Waals surface area contributed by atoms with Crippen LogP contribution in [0.1, 0.15) is 43.2 Å². The maximum absolute atomic E-state index is 12.6. The number of hydrogen-bond donors (Lipinski definition) is 1. The molecule has 2 heterocycles. The fourth-order valence-electron chi connectivity index (χ4n) is 3.48. The van der Waals surface area contributed by atoms with Crippen LogP contribution < -0.4 is 0 Å². The van der Waals surface area contributed by atoms with Crippen molar-refractivity contribution in [1.82, 2.24) is 19.9 Å². The number of carboxylic acid groups (broad SMARTS) is 1. The van der Waals surface area contributed by atoms with E-state index >= 15 is 0 Å². The Morgan fingerprint density at radius 2 is 2.09 bits per heavy atom. The number of aromatic nitrogens is 3. The maximum atomic E-state index is 12.6. The van der Waals surface area contributed by atoms with E-state index in [-0.39, 0.29) is 35.1 Å². The summed E-state index contributed by atoms with van der Waals surface area (Å²) in [5.74, 6) is -0.954. The molecule has 2 fully saturated rings. The average molecular weight is 322 g/mol. The van der Waals surface area contributed by atoms with Gasteiger partial charge in [0.25, 0.3) is 0 Å². The van der Waals surface area contributed by atoms with Crippen molar-refractivity contribution in [2.75, 3.05) is 20.2 Å². The highest BCUT2D eigenvalue weighted by molar-refractivity contribution is 5.84. The monoisotopic (exact) mass is 322 g/mol. The summed E-state index contributed by atoms with van der Waals surface area (Å²) in [6.07, 6.45) is 2.84. The van der Waals surface area contributed by atoms with Crippen molar-refractivity contribution in [3.05, 3.63) is 11.9 Å². The number of methoxy groups -OCH3 is 1. The number of aromatic carboxylic acids is 1. The summed E-state index contributed by atoms with van der Waals surface area (Å²) >= 11 is 0. The molecule has 0 spiro atoms. The van der Waals surface area contributed by atoms with Gasteiger partial charge in [0.1, 0.15) is 0 Å². The molecule has 0 bridgehead atoms. The highest BCUT2D eigenvalue weighted by Crippen LogP contribution is 2.40. The molecule has 1 atom stereocenters. The summed E-state index contributed by atoms with van der Waals surface area (Å²) in [7, 11) is 1.69. The number of carbonyl (C=O) groups is 2. The van der Waals surface area contributed by atoms with E-state index in [4.69, 9.17) is 9.84 Å². The number of nitrogens with zero attached hydrogens (tertiary/aromatic N) is 4. The van der Waals surface area contributed by atoms with Crippen LogP contribution in [0, 0.1) is 11.3 Å². The van der Waals surface area contributed by atoms with E-state index in [2.05, 4.69) is 24.2 Å². The van der Waals surface area contributed by atoms with Gasteiger partial charge in [0.15, 0.2) is 5.69 Å². The average Bonchev–Trinajstić information content (AvgIpc) is 3.01. The molecule has 8 nitrogen and oxygen atoms in total. The number of ether oxygens (including phenoxy) is 1. The Bertz CT molecular complexity index is 621. The zero-order valence-electron chi connectivity index (χ0n) is 13.6. The molecule has 1 aromatic heterocycles. The van der Waals surface area contributed by atoms with E-state index < -0.39 is 5.97 Å². The second-order valence-corrected chi connectivity index (χ2v) is 7.14. The van der Waals surface area contributed by atoms with Crippen LogP contribution >= 0.6 is 0 Å². The smallest absolute Gasteiger partial charge is 0.358 e. The molecule has 1 aliphatic carbocycles. The second-order valence-electron chi connectivity index (χ2n) is 7.14. The summed E-state index contributed by atoms with van der Waals surface area (Å²) in [4.78, 5) is 25.3. The van der Waals surface area contributed by atoms with Crippen molar-refractivity contribution in [3.63, 3.8) is 0 Å². The largest absolute Gasteiger partial charge is 0.476 e. The Morgan fingerprint density at radius 3 is 2.61 bits per heavy atom. The van der Waals surface area contributed by atoms with Crippen LogP contribution in [0.3, 0.4) is 0 Å². The summed E-state index contributed by atoms with van der Waals surface area (Å²) in [5, 5.41) is 16.3. The minimum atomic E-state index is -1.09. The van der Waals surface area contributed by atoms with Crippen LogP contribution in [0.15, 0.2) is 6.20 Å². The molecule has 1 unspecified atom stereocenters. The van der Waals surface area contributed by atoms with E-state index in [1.54, 1.807) is 11.8 Å². The fourth-order valence-corrected chi connectivity index (χ4v) is 3.48. The van der Waals surface area contributed by atoms with Gasteiger partial charge in [-0.1, -0.05) is 19.1 Å². The van der Waals surface area contributed by atoms with Gasteiger partial charge in [0.2, 0.25) is 5.91 Å². The molecular weight excluding hydrogens is 300 g/mol. The van der Waals surface area contributed by atoms with Crippen LogP contribution in [0.25, 0.3) is 0 Å². The lowest BCUT2D eigenvalue weighted by atomic mass is 9.79. The molecule has 2 aliphatic rings. The van der Waals surface area contributed by atoms with Gasteiger partial charge in [0.05, 0.1) is 18.3 Å². The third-order valence-corrected chi connectivity index (χ3v) is 5.02. The van der Waals surface area contributed by atoms with Crippen LogP contribution in [-0.2, 0) is 9.53 Å². The van der Waals surface area contributed by atoms with Gasteiger partial charge in [-0.2, -0.15) is 0 Å². The first-order valence-corrected chi connectivity index (χ1v) is 7.78. The minimum Gasteiger partial charge on any atom is -0.476 e. The SMILES string of the molecule is COC1CN(C(=O)C2CC(n3cc(C(=O)O)nn3)C2)CC1(C)C. The third kappa shape index (κ3) is 2.83. The second kappa shape index (κ2) is 5.59. The van der Waals surface area contributed by atoms with Crippen molar-refractivity contribution in [2.24, 2.45) is 11.3 Å². The molecule has 1 saturated heterocycles. The molecule has 3 rings (SSSR count). The third-order valence-electron chi connectivity index (χ3n) is 5.02. The van der Waals surface area contributed by atoms with Crippen LogP contribution in [0.2, 0.25) is 0 Å². The Morgan fingerprint density at radius 1 is 1.39 bits per heavy atom. The van der Waals surface area contributed by atoms with Gasteiger partial charge in [-0.05, 0) is 12.8 Å². The van der Waals surface area contributed by atoms with Gasteiger partial charge in [-0.15, -0.1) is 5.10 Å². The first-order valence-electron chi connectivity index (χ1n) is 7.78. The molecule has 1 amide bonds. The molecule has 1 aliphatic heterocycles. The number of hydrogen-bond acceptors (Lipinski definition) is 5. The topological polar surface area (TPSA) is 97.5 Å². The minimum absolute atomic E-state index is 0.0242. The molecule has 126 valence electrons. The standard InChI is InChI=1S/C15H22N4O4/c1-15(2)8-18(7-12(15)23-3)13(20)9-4-10(5-9)19-6-11(14(21)22)16-17-19/h6,9-10,12H,4-5,7-8H2,1-3H3,(H,21,22). The quantitative estimate of drug-likeness (QED) is 0.881. The summed E-state index contributed by atoms with van der Waals surface area (Å²) in [5.41, 5.74) is -0.0976. The van der Waals surface area contributed by atoms with Gasteiger partial charge in [0, 0.05) is 31.5 Å². The van der Waals surface area contributed by atoms with E-state index in [9.17, 15) is 9.59 Å². The van der Waals surface area contributed by atoms with Crippen molar-refractivity contribution in [3.8, 4) is 0 Å². The van der Waals surface area contributed by atoms with Gasteiger partial charge in [-0.25, -0.2) is 9.48 Å².